The van der Waals surface area contributed by atoms with E-state index in [2.05, 4.69) is 63.7 Å². The van der Waals surface area contributed by atoms with E-state index in [0.717, 1.165) is 44.9 Å². The molecule has 0 saturated heterocycles. The summed E-state index contributed by atoms with van der Waals surface area (Å²) in [7, 11) is 3.94. The van der Waals surface area contributed by atoms with Gasteiger partial charge in [-0.25, -0.2) is 4.98 Å². The highest BCUT2D eigenvalue weighted by Gasteiger charge is 2.03. The summed E-state index contributed by atoms with van der Waals surface area (Å²) in [5, 5.41) is 7.92. The van der Waals surface area contributed by atoms with Crippen LogP contribution >= 0.6 is 35.3 Å². The number of hydrogen-bond donors (Lipinski definition) is 2. The maximum absolute atomic E-state index is 4.45. The molecule has 0 unspecified atom stereocenters. The second-order valence-electron chi connectivity index (χ2n) is 5.86. The van der Waals surface area contributed by atoms with Gasteiger partial charge in [-0.05, 0) is 25.0 Å². The number of halogens is 1. The molecule has 7 heteroatoms. The van der Waals surface area contributed by atoms with Crippen LogP contribution in [0.2, 0.25) is 0 Å². The number of para-hydroxylation sites is 1. The van der Waals surface area contributed by atoms with E-state index in [0.29, 0.717) is 0 Å². The van der Waals surface area contributed by atoms with E-state index in [1.165, 1.54) is 15.6 Å². The summed E-state index contributed by atoms with van der Waals surface area (Å²) >= 11 is 1.80. The third-order valence-corrected chi connectivity index (χ3v) is 5.17. The Morgan fingerprint density at radius 2 is 1.92 bits per heavy atom. The fourth-order valence-electron chi connectivity index (χ4n) is 2.47. The largest absolute Gasteiger partial charge is 0.375 e. The van der Waals surface area contributed by atoms with Crippen LogP contribution in [0, 0.1) is 0 Å². The maximum atomic E-state index is 4.45. The van der Waals surface area contributed by atoms with Crippen LogP contribution in [0.15, 0.2) is 41.5 Å². The van der Waals surface area contributed by atoms with Gasteiger partial charge >= 0.3 is 0 Å². The summed E-state index contributed by atoms with van der Waals surface area (Å²) in [4.78, 5) is 12.3. The second kappa shape index (κ2) is 12.9. The topological polar surface area (TPSA) is 52.6 Å². The van der Waals surface area contributed by atoms with Gasteiger partial charge in [-0.2, -0.15) is 0 Å². The monoisotopic (exact) mass is 487 g/mol. The number of nitrogens with zero attached hydrogens (tertiary/aromatic N) is 3. The lowest BCUT2D eigenvalue weighted by molar-refractivity contribution is 0.727. The molecule has 2 N–H and O–H groups in total. The van der Waals surface area contributed by atoms with Crippen molar-refractivity contribution in [2.45, 2.75) is 26.2 Å². The van der Waals surface area contributed by atoms with Crippen molar-refractivity contribution in [2.75, 3.05) is 38.6 Å². The number of guanidine groups is 1. The summed E-state index contributed by atoms with van der Waals surface area (Å²) in [6.45, 7) is 4.91. The van der Waals surface area contributed by atoms with E-state index < -0.39 is 0 Å². The van der Waals surface area contributed by atoms with E-state index in [9.17, 15) is 0 Å². The Balaban J connectivity index is 0.00000338. The standard InChI is InChI=1S/C19H29N5S.HI/c1-4-17-15-23-18(25-17)11-13-22-19(20-2)21-12-8-14-24(3)16-9-6-5-7-10-16;/h5-7,9-10,15H,4,8,11-14H2,1-3H3,(H2,20,21,22);1H. The van der Waals surface area contributed by atoms with Crippen LogP contribution in [0.3, 0.4) is 0 Å². The molecule has 0 amide bonds. The molecule has 0 aliphatic heterocycles. The van der Waals surface area contributed by atoms with Gasteiger partial charge in [0.25, 0.3) is 0 Å². The number of benzene rings is 1. The highest BCUT2D eigenvalue weighted by molar-refractivity contribution is 14.0. The molecule has 144 valence electrons. The van der Waals surface area contributed by atoms with Crippen LogP contribution in [-0.4, -0.2) is 44.7 Å². The van der Waals surface area contributed by atoms with Gasteiger partial charge in [-0.1, -0.05) is 25.1 Å². The van der Waals surface area contributed by atoms with Crippen molar-refractivity contribution >= 4 is 47.0 Å². The molecule has 26 heavy (non-hydrogen) atoms. The predicted octanol–water partition coefficient (Wildman–Crippen LogP) is 3.56. The molecule has 0 radical (unpaired) electrons. The second-order valence-corrected chi connectivity index (χ2v) is 7.06. The van der Waals surface area contributed by atoms with Crippen molar-refractivity contribution in [2.24, 2.45) is 4.99 Å². The van der Waals surface area contributed by atoms with Crippen molar-refractivity contribution in [1.29, 1.82) is 0 Å². The molecule has 1 aromatic heterocycles. The number of hydrogen-bond acceptors (Lipinski definition) is 4. The SMILES string of the molecule is CCc1cnc(CCNC(=NC)NCCCN(C)c2ccccc2)s1.I. The molecule has 5 nitrogen and oxygen atoms in total. The Labute approximate surface area is 178 Å². The lowest BCUT2D eigenvalue weighted by atomic mass is 10.3. The molecule has 0 aliphatic carbocycles. The molecular formula is C19H30IN5S. The zero-order valence-corrected chi connectivity index (χ0v) is 19.0. The van der Waals surface area contributed by atoms with Gasteiger partial charge in [0.05, 0.1) is 5.01 Å². The minimum atomic E-state index is 0. The highest BCUT2D eigenvalue weighted by atomic mass is 127. The smallest absolute Gasteiger partial charge is 0.190 e. The van der Waals surface area contributed by atoms with Crippen molar-refractivity contribution in [3.05, 3.63) is 46.4 Å². The zero-order valence-electron chi connectivity index (χ0n) is 15.9. The molecule has 0 aliphatic rings. The van der Waals surface area contributed by atoms with Gasteiger partial charge in [0.2, 0.25) is 0 Å². The average Bonchev–Trinajstić information content (AvgIpc) is 3.12. The summed E-state index contributed by atoms with van der Waals surface area (Å²) in [5.74, 6) is 0.856. The van der Waals surface area contributed by atoms with Gasteiger partial charge in [-0.3, -0.25) is 4.99 Å². The Morgan fingerprint density at radius 1 is 1.19 bits per heavy atom. The van der Waals surface area contributed by atoms with Crippen molar-refractivity contribution in [3.63, 3.8) is 0 Å². The number of anilines is 1. The molecule has 0 atom stereocenters. The van der Waals surface area contributed by atoms with E-state index in [-0.39, 0.29) is 24.0 Å². The average molecular weight is 487 g/mol. The molecule has 0 spiro atoms. The number of aliphatic imine (C=N–C) groups is 1. The van der Waals surface area contributed by atoms with E-state index in [1.54, 1.807) is 11.3 Å². The quantitative estimate of drug-likeness (QED) is 0.246. The molecule has 0 bridgehead atoms. The molecule has 0 saturated carbocycles. The predicted molar refractivity (Wildman–Crippen MR) is 124 cm³/mol. The lowest BCUT2D eigenvalue weighted by Gasteiger charge is -2.19. The van der Waals surface area contributed by atoms with Gasteiger partial charge in [0.1, 0.15) is 0 Å². The Kier molecular flexibility index (Phi) is 11.3. The van der Waals surface area contributed by atoms with Crippen LogP contribution in [-0.2, 0) is 12.8 Å². The minimum absolute atomic E-state index is 0. The maximum Gasteiger partial charge on any atom is 0.190 e. The van der Waals surface area contributed by atoms with Crippen LogP contribution in [0.1, 0.15) is 23.2 Å². The van der Waals surface area contributed by atoms with Gasteiger partial charge in [-0.15, -0.1) is 35.3 Å². The van der Waals surface area contributed by atoms with Gasteiger partial charge in [0, 0.05) is 56.9 Å². The van der Waals surface area contributed by atoms with Crippen LogP contribution in [0.25, 0.3) is 0 Å². The molecule has 1 heterocycles. The van der Waals surface area contributed by atoms with E-state index in [1.807, 2.05) is 19.3 Å². The highest BCUT2D eigenvalue weighted by Crippen LogP contribution is 2.13. The summed E-state index contributed by atoms with van der Waals surface area (Å²) < 4.78 is 0. The Bertz CT molecular complexity index is 644. The first-order valence-corrected chi connectivity index (χ1v) is 9.69. The Hall–Kier alpha value is -1.35. The minimum Gasteiger partial charge on any atom is -0.375 e. The van der Waals surface area contributed by atoms with E-state index >= 15 is 0 Å². The normalized spacial score (nSPS) is 11.0. The van der Waals surface area contributed by atoms with Crippen molar-refractivity contribution < 1.29 is 0 Å². The molecule has 2 aromatic rings. The lowest BCUT2D eigenvalue weighted by Crippen LogP contribution is -2.39. The Morgan fingerprint density at radius 3 is 2.58 bits per heavy atom. The molecule has 0 fully saturated rings. The first-order valence-electron chi connectivity index (χ1n) is 8.87. The number of nitrogens with one attached hydrogen (secondary N) is 2. The number of aromatic nitrogens is 1. The van der Waals surface area contributed by atoms with Crippen LogP contribution in [0.5, 0.6) is 0 Å². The first kappa shape index (κ1) is 22.7. The van der Waals surface area contributed by atoms with Gasteiger partial charge < -0.3 is 15.5 Å². The van der Waals surface area contributed by atoms with Gasteiger partial charge in [0.15, 0.2) is 5.96 Å². The molecule has 1 aromatic carbocycles. The summed E-state index contributed by atoms with van der Waals surface area (Å²) in [5.41, 5.74) is 1.25. The zero-order chi connectivity index (χ0) is 17.9. The fourth-order valence-corrected chi connectivity index (χ4v) is 3.33. The summed E-state index contributed by atoms with van der Waals surface area (Å²) in [6.07, 6.45) is 5.03. The van der Waals surface area contributed by atoms with Crippen LogP contribution in [0.4, 0.5) is 5.69 Å². The number of thiazole rings is 1. The number of aryl methyl sites for hydroxylation is 1. The first-order chi connectivity index (χ1) is 12.2. The van der Waals surface area contributed by atoms with E-state index in [4.69, 9.17) is 0 Å². The molecular weight excluding hydrogens is 457 g/mol. The fraction of sp³-hybridized carbons (Fsp3) is 0.474. The van der Waals surface area contributed by atoms with Crippen LogP contribution < -0.4 is 15.5 Å². The third kappa shape index (κ3) is 7.90. The summed E-state index contributed by atoms with van der Waals surface area (Å²) in [6, 6.07) is 10.5. The third-order valence-electron chi connectivity index (χ3n) is 3.96. The number of rotatable bonds is 9. The molecule has 2 rings (SSSR count). The van der Waals surface area contributed by atoms with Crippen molar-refractivity contribution in [1.82, 2.24) is 15.6 Å². The van der Waals surface area contributed by atoms with Crippen molar-refractivity contribution in [3.8, 4) is 0 Å².